The van der Waals surface area contributed by atoms with E-state index in [-0.39, 0.29) is 11.2 Å². The molecule has 104 valence electrons. The minimum absolute atomic E-state index is 0.0430. The smallest absolute Gasteiger partial charge is 0.235 e. The monoisotopic (exact) mass is 278 g/mol. The standard InChI is InChI=1S/C15H22N2OS/c1-11-13(16)7-6-8-14(11)19-12(2)15(18)17-9-4-3-5-10-17/h6-8,12H,3-5,9-10,16H2,1-2H3. The topological polar surface area (TPSA) is 46.3 Å². The lowest BCUT2D eigenvalue weighted by atomic mass is 10.1. The third kappa shape index (κ3) is 3.44. The van der Waals surface area contributed by atoms with Crippen LogP contribution < -0.4 is 5.73 Å². The van der Waals surface area contributed by atoms with Crippen LogP contribution in [0.5, 0.6) is 0 Å². The van der Waals surface area contributed by atoms with E-state index >= 15 is 0 Å². The summed E-state index contributed by atoms with van der Waals surface area (Å²) in [5.41, 5.74) is 7.78. The van der Waals surface area contributed by atoms with Crippen molar-refractivity contribution in [3.05, 3.63) is 23.8 Å². The number of benzene rings is 1. The Hall–Kier alpha value is -1.16. The number of amides is 1. The summed E-state index contributed by atoms with van der Waals surface area (Å²) in [5, 5.41) is -0.0430. The van der Waals surface area contributed by atoms with Crippen molar-refractivity contribution in [1.29, 1.82) is 0 Å². The molecular weight excluding hydrogens is 256 g/mol. The lowest BCUT2D eigenvalue weighted by Gasteiger charge is -2.29. The number of hydrogen-bond acceptors (Lipinski definition) is 3. The number of likely N-dealkylation sites (tertiary alicyclic amines) is 1. The van der Waals surface area contributed by atoms with Crippen LogP contribution in [0.3, 0.4) is 0 Å². The van der Waals surface area contributed by atoms with Crippen molar-refractivity contribution in [2.75, 3.05) is 18.8 Å². The van der Waals surface area contributed by atoms with Crippen LogP contribution in [-0.2, 0) is 4.79 Å². The lowest BCUT2D eigenvalue weighted by molar-refractivity contribution is -0.131. The molecule has 4 heteroatoms. The highest BCUT2D eigenvalue weighted by atomic mass is 32.2. The normalized spacial score (nSPS) is 17.3. The number of rotatable bonds is 3. The number of thioether (sulfide) groups is 1. The van der Waals surface area contributed by atoms with Gasteiger partial charge in [-0.15, -0.1) is 11.8 Å². The van der Waals surface area contributed by atoms with Gasteiger partial charge in [-0.05, 0) is 50.8 Å². The highest BCUT2D eigenvalue weighted by Crippen LogP contribution is 2.30. The molecular formula is C15H22N2OS. The molecule has 2 N–H and O–H groups in total. The molecule has 1 saturated heterocycles. The summed E-state index contributed by atoms with van der Waals surface area (Å²) in [6.45, 7) is 5.83. The van der Waals surface area contributed by atoms with Crippen molar-refractivity contribution >= 4 is 23.4 Å². The molecule has 0 aliphatic carbocycles. The summed E-state index contributed by atoms with van der Waals surface area (Å²) in [6.07, 6.45) is 3.53. The van der Waals surface area contributed by atoms with Gasteiger partial charge in [0.1, 0.15) is 0 Å². The Balaban J connectivity index is 2.01. The molecule has 1 aliphatic heterocycles. The lowest BCUT2D eigenvalue weighted by Crippen LogP contribution is -2.40. The van der Waals surface area contributed by atoms with Gasteiger partial charge in [0.2, 0.25) is 5.91 Å². The second-order valence-electron chi connectivity index (χ2n) is 5.12. The molecule has 1 aromatic rings. The number of nitrogens with zero attached hydrogens (tertiary/aromatic N) is 1. The highest BCUT2D eigenvalue weighted by molar-refractivity contribution is 8.00. The Kier molecular flexibility index (Phi) is 4.75. The van der Waals surface area contributed by atoms with E-state index in [1.54, 1.807) is 11.8 Å². The Labute approximate surface area is 119 Å². The molecule has 3 nitrogen and oxygen atoms in total. The SMILES string of the molecule is Cc1c(N)cccc1SC(C)C(=O)N1CCCCC1. The average molecular weight is 278 g/mol. The van der Waals surface area contributed by atoms with E-state index in [9.17, 15) is 4.79 Å². The van der Waals surface area contributed by atoms with E-state index in [0.717, 1.165) is 42.1 Å². The molecule has 0 aromatic heterocycles. The third-order valence-electron chi connectivity index (χ3n) is 3.65. The number of nitrogen functional groups attached to an aromatic ring is 1. The second-order valence-corrected chi connectivity index (χ2v) is 6.50. The molecule has 19 heavy (non-hydrogen) atoms. The van der Waals surface area contributed by atoms with Gasteiger partial charge in [0.15, 0.2) is 0 Å². The van der Waals surface area contributed by atoms with Crippen LogP contribution in [0.25, 0.3) is 0 Å². The fourth-order valence-electron chi connectivity index (χ4n) is 2.37. The fourth-order valence-corrected chi connectivity index (χ4v) is 3.45. The largest absolute Gasteiger partial charge is 0.398 e. The quantitative estimate of drug-likeness (QED) is 0.683. The second kappa shape index (κ2) is 6.33. The summed E-state index contributed by atoms with van der Waals surface area (Å²) in [4.78, 5) is 15.5. The molecule has 1 heterocycles. The van der Waals surface area contributed by atoms with Gasteiger partial charge >= 0.3 is 0 Å². The Morgan fingerprint density at radius 3 is 2.68 bits per heavy atom. The number of nitrogens with two attached hydrogens (primary N) is 1. The Morgan fingerprint density at radius 2 is 2.00 bits per heavy atom. The number of carbonyl (C=O) groups excluding carboxylic acids is 1. The molecule has 1 unspecified atom stereocenters. The zero-order valence-corrected chi connectivity index (χ0v) is 12.5. The third-order valence-corrected chi connectivity index (χ3v) is 4.90. The van der Waals surface area contributed by atoms with E-state index in [0.29, 0.717) is 0 Å². The minimum Gasteiger partial charge on any atom is -0.398 e. The highest BCUT2D eigenvalue weighted by Gasteiger charge is 2.23. The van der Waals surface area contributed by atoms with Crippen molar-refractivity contribution in [2.24, 2.45) is 0 Å². The van der Waals surface area contributed by atoms with E-state index in [1.165, 1.54) is 6.42 Å². The molecule has 1 fully saturated rings. The Bertz CT molecular complexity index is 455. The minimum atomic E-state index is -0.0430. The van der Waals surface area contributed by atoms with Gasteiger partial charge in [-0.3, -0.25) is 4.79 Å². The summed E-state index contributed by atoms with van der Waals surface area (Å²) in [7, 11) is 0. The summed E-state index contributed by atoms with van der Waals surface area (Å²) < 4.78 is 0. The van der Waals surface area contributed by atoms with Crippen LogP contribution in [0.4, 0.5) is 5.69 Å². The van der Waals surface area contributed by atoms with Crippen molar-refractivity contribution in [3.8, 4) is 0 Å². The zero-order chi connectivity index (χ0) is 13.8. The van der Waals surface area contributed by atoms with Crippen molar-refractivity contribution in [2.45, 2.75) is 43.3 Å². The predicted octanol–water partition coefficient (Wildman–Crippen LogP) is 3.07. The number of carbonyl (C=O) groups is 1. The first-order chi connectivity index (χ1) is 9.09. The van der Waals surface area contributed by atoms with E-state index in [4.69, 9.17) is 5.73 Å². The van der Waals surface area contributed by atoms with Gasteiger partial charge in [-0.1, -0.05) is 6.07 Å². The zero-order valence-electron chi connectivity index (χ0n) is 11.7. The molecule has 0 bridgehead atoms. The maximum atomic E-state index is 12.4. The van der Waals surface area contributed by atoms with Gasteiger partial charge < -0.3 is 10.6 Å². The number of anilines is 1. The maximum Gasteiger partial charge on any atom is 0.235 e. The van der Waals surface area contributed by atoms with Crippen LogP contribution in [0.15, 0.2) is 23.1 Å². The summed E-state index contributed by atoms with van der Waals surface area (Å²) >= 11 is 1.61. The number of piperidine rings is 1. The maximum absolute atomic E-state index is 12.4. The molecule has 1 aliphatic rings. The van der Waals surface area contributed by atoms with Gasteiger partial charge in [-0.25, -0.2) is 0 Å². The average Bonchev–Trinajstić information content (AvgIpc) is 2.44. The van der Waals surface area contributed by atoms with Crippen molar-refractivity contribution in [3.63, 3.8) is 0 Å². The first-order valence-electron chi connectivity index (χ1n) is 6.90. The molecule has 1 atom stereocenters. The van der Waals surface area contributed by atoms with Gasteiger partial charge in [0.05, 0.1) is 5.25 Å². The van der Waals surface area contributed by atoms with Crippen molar-refractivity contribution in [1.82, 2.24) is 4.90 Å². The first kappa shape index (κ1) is 14.3. The number of hydrogen-bond donors (Lipinski definition) is 1. The van der Waals surface area contributed by atoms with Crippen molar-refractivity contribution < 1.29 is 4.79 Å². The molecule has 0 saturated carbocycles. The first-order valence-corrected chi connectivity index (χ1v) is 7.78. The predicted molar refractivity (Wildman–Crippen MR) is 81.3 cm³/mol. The fraction of sp³-hybridized carbons (Fsp3) is 0.533. The van der Waals surface area contributed by atoms with Crippen LogP contribution in [0, 0.1) is 6.92 Å². The van der Waals surface area contributed by atoms with Crippen LogP contribution >= 0.6 is 11.8 Å². The van der Waals surface area contributed by atoms with Gasteiger partial charge in [-0.2, -0.15) is 0 Å². The Morgan fingerprint density at radius 1 is 1.32 bits per heavy atom. The molecule has 1 amide bonds. The van der Waals surface area contributed by atoms with E-state index < -0.39 is 0 Å². The molecule has 0 radical (unpaired) electrons. The van der Waals surface area contributed by atoms with Crippen LogP contribution in [0.1, 0.15) is 31.7 Å². The van der Waals surface area contributed by atoms with Gasteiger partial charge in [0, 0.05) is 23.7 Å². The molecule has 0 spiro atoms. The van der Waals surface area contributed by atoms with E-state index in [2.05, 4.69) is 0 Å². The summed E-state index contributed by atoms with van der Waals surface area (Å²) in [6, 6.07) is 5.88. The molecule has 2 rings (SSSR count). The van der Waals surface area contributed by atoms with Crippen LogP contribution in [-0.4, -0.2) is 29.1 Å². The summed E-state index contributed by atoms with van der Waals surface area (Å²) in [5.74, 6) is 0.256. The van der Waals surface area contributed by atoms with Gasteiger partial charge in [0.25, 0.3) is 0 Å². The molecule has 1 aromatic carbocycles. The van der Waals surface area contributed by atoms with E-state index in [1.807, 2.05) is 36.9 Å². The van der Waals surface area contributed by atoms with Crippen LogP contribution in [0.2, 0.25) is 0 Å².